The fourth-order valence-electron chi connectivity index (χ4n) is 3.53. The zero-order chi connectivity index (χ0) is 17.1. The number of ether oxygens (including phenoxy) is 2. The van der Waals surface area contributed by atoms with Gasteiger partial charge in [0.15, 0.2) is 0 Å². The summed E-state index contributed by atoms with van der Waals surface area (Å²) in [5.74, 6) is 0.346. The summed E-state index contributed by atoms with van der Waals surface area (Å²) in [6.45, 7) is 14.0. The first-order valence-electron chi connectivity index (χ1n) is 8.80. The molecule has 23 heavy (non-hydrogen) atoms. The van der Waals surface area contributed by atoms with Crippen LogP contribution in [0.15, 0.2) is 0 Å². The molecular weight excluding hydrogens is 294 g/mol. The van der Waals surface area contributed by atoms with Gasteiger partial charge in [-0.15, -0.1) is 0 Å². The Morgan fingerprint density at radius 3 is 2.65 bits per heavy atom. The number of nitrogens with zero attached hydrogens (tertiary/aromatic N) is 1. The molecule has 3 atom stereocenters. The molecule has 2 aliphatic rings. The number of morpholine rings is 1. The first-order chi connectivity index (χ1) is 10.8. The topological polar surface area (TPSA) is 76.8 Å². The fraction of sp³-hybridized carbons (Fsp3) is 0.941. The molecule has 0 aromatic heterocycles. The molecule has 1 saturated carbocycles. The largest absolute Gasteiger partial charge is 0.379 e. The highest BCUT2D eigenvalue weighted by Crippen LogP contribution is 2.49. The van der Waals surface area contributed by atoms with Gasteiger partial charge in [0, 0.05) is 44.6 Å². The molecule has 2 rings (SSSR count). The predicted molar refractivity (Wildman–Crippen MR) is 90.2 cm³/mol. The minimum Gasteiger partial charge on any atom is -0.379 e. The van der Waals surface area contributed by atoms with Gasteiger partial charge < -0.3 is 20.5 Å². The van der Waals surface area contributed by atoms with E-state index in [9.17, 15) is 4.79 Å². The van der Waals surface area contributed by atoms with Crippen molar-refractivity contribution in [3.63, 3.8) is 0 Å². The summed E-state index contributed by atoms with van der Waals surface area (Å²) in [7, 11) is 0. The van der Waals surface area contributed by atoms with E-state index in [1.165, 1.54) is 0 Å². The highest BCUT2D eigenvalue weighted by molar-refractivity contribution is 5.88. The zero-order valence-corrected chi connectivity index (χ0v) is 15.1. The summed E-state index contributed by atoms with van der Waals surface area (Å²) in [4.78, 5) is 15.0. The lowest BCUT2D eigenvalue weighted by Crippen LogP contribution is -2.75. The summed E-state index contributed by atoms with van der Waals surface area (Å²) >= 11 is 0. The Bertz CT molecular complexity index is 410. The van der Waals surface area contributed by atoms with Crippen molar-refractivity contribution in [1.29, 1.82) is 0 Å². The molecule has 1 aliphatic carbocycles. The van der Waals surface area contributed by atoms with E-state index >= 15 is 0 Å². The van der Waals surface area contributed by atoms with Crippen LogP contribution in [0.5, 0.6) is 0 Å². The minimum atomic E-state index is -0.828. The maximum Gasteiger partial charge on any atom is 0.240 e. The van der Waals surface area contributed by atoms with E-state index in [1.54, 1.807) is 0 Å². The van der Waals surface area contributed by atoms with Gasteiger partial charge in [0.1, 0.15) is 5.54 Å². The van der Waals surface area contributed by atoms with E-state index in [-0.39, 0.29) is 17.4 Å². The van der Waals surface area contributed by atoms with Crippen molar-refractivity contribution in [1.82, 2.24) is 10.2 Å². The average molecular weight is 327 g/mol. The van der Waals surface area contributed by atoms with Crippen molar-refractivity contribution in [2.24, 2.45) is 17.1 Å². The summed E-state index contributed by atoms with van der Waals surface area (Å²) in [6, 6.07) is 0. The van der Waals surface area contributed by atoms with E-state index in [2.05, 4.69) is 17.1 Å². The van der Waals surface area contributed by atoms with Crippen molar-refractivity contribution in [3.8, 4) is 0 Å². The molecule has 1 heterocycles. The molecule has 1 saturated heterocycles. The fourth-order valence-corrected chi connectivity index (χ4v) is 3.53. The molecule has 1 amide bonds. The van der Waals surface area contributed by atoms with Crippen molar-refractivity contribution < 1.29 is 14.3 Å². The predicted octanol–water partition coefficient (Wildman–Crippen LogP) is 0.603. The molecule has 0 spiro atoms. The number of nitrogens with one attached hydrogen (secondary N) is 1. The number of carbonyl (C=O) groups is 1. The Kier molecular flexibility index (Phi) is 6.05. The third kappa shape index (κ3) is 3.87. The second-order valence-corrected chi connectivity index (χ2v) is 7.57. The Hall–Kier alpha value is -0.690. The van der Waals surface area contributed by atoms with Crippen LogP contribution in [0.3, 0.4) is 0 Å². The van der Waals surface area contributed by atoms with Crippen molar-refractivity contribution in [3.05, 3.63) is 0 Å². The summed E-state index contributed by atoms with van der Waals surface area (Å²) in [5, 5.41) is 3.06. The first-order valence-corrected chi connectivity index (χ1v) is 8.80. The van der Waals surface area contributed by atoms with E-state index in [1.807, 2.05) is 20.8 Å². The Labute approximate surface area is 140 Å². The van der Waals surface area contributed by atoms with Crippen molar-refractivity contribution >= 4 is 5.91 Å². The molecular formula is C17H33N3O3. The smallest absolute Gasteiger partial charge is 0.240 e. The number of carbonyl (C=O) groups excluding carboxylic acids is 1. The second-order valence-electron chi connectivity index (χ2n) is 7.57. The number of rotatable bonds is 7. The van der Waals surface area contributed by atoms with E-state index in [4.69, 9.17) is 15.2 Å². The third-order valence-corrected chi connectivity index (χ3v) is 5.52. The van der Waals surface area contributed by atoms with E-state index in [0.717, 1.165) is 32.8 Å². The maximum atomic E-state index is 12.6. The van der Waals surface area contributed by atoms with Gasteiger partial charge in [-0.3, -0.25) is 9.69 Å². The number of nitrogens with two attached hydrogens (primary N) is 1. The molecule has 1 aliphatic heterocycles. The summed E-state index contributed by atoms with van der Waals surface area (Å²) < 4.78 is 11.0. The van der Waals surface area contributed by atoms with Gasteiger partial charge in [0.2, 0.25) is 5.91 Å². The zero-order valence-electron chi connectivity index (χ0n) is 15.1. The molecule has 0 radical (unpaired) electrons. The minimum absolute atomic E-state index is 0.0488. The molecule has 0 bridgehead atoms. The van der Waals surface area contributed by atoms with Crippen LogP contribution >= 0.6 is 0 Å². The highest BCUT2D eigenvalue weighted by atomic mass is 16.5. The van der Waals surface area contributed by atoms with Gasteiger partial charge in [-0.05, 0) is 12.8 Å². The van der Waals surface area contributed by atoms with Gasteiger partial charge >= 0.3 is 0 Å². The van der Waals surface area contributed by atoms with Crippen LogP contribution in [0.4, 0.5) is 0 Å². The van der Waals surface area contributed by atoms with Gasteiger partial charge in [-0.2, -0.15) is 0 Å². The molecule has 0 aromatic carbocycles. The first kappa shape index (κ1) is 18.6. The van der Waals surface area contributed by atoms with Crippen LogP contribution in [0.2, 0.25) is 0 Å². The van der Waals surface area contributed by atoms with Crippen molar-refractivity contribution in [2.75, 3.05) is 46.0 Å². The van der Waals surface area contributed by atoms with E-state index < -0.39 is 5.54 Å². The number of hydrogen-bond donors (Lipinski definition) is 2. The third-order valence-electron chi connectivity index (χ3n) is 5.52. The molecule has 6 nitrogen and oxygen atoms in total. The maximum absolute atomic E-state index is 12.6. The van der Waals surface area contributed by atoms with Crippen LogP contribution in [-0.2, 0) is 14.3 Å². The summed E-state index contributed by atoms with van der Waals surface area (Å²) in [5.41, 5.74) is 5.24. The molecule has 3 N–H and O–H groups in total. The Morgan fingerprint density at radius 1 is 1.43 bits per heavy atom. The van der Waals surface area contributed by atoms with Gasteiger partial charge in [0.25, 0.3) is 0 Å². The van der Waals surface area contributed by atoms with Crippen molar-refractivity contribution in [2.45, 2.75) is 45.8 Å². The lowest BCUT2D eigenvalue weighted by Gasteiger charge is -2.57. The monoisotopic (exact) mass is 327 g/mol. The lowest BCUT2D eigenvalue weighted by atomic mass is 9.54. The molecule has 134 valence electrons. The Morgan fingerprint density at radius 2 is 2.09 bits per heavy atom. The SMILES string of the molecule is CCOC1CC(N)(C(=O)NCC(C)CN2CCOCC2)C1(C)C. The normalized spacial score (nSPS) is 32.1. The molecule has 2 fully saturated rings. The standard InChI is InChI=1S/C17H33N3O3/c1-5-23-14-10-17(18,16(14,3)4)15(21)19-11-13(2)12-20-6-8-22-9-7-20/h13-14H,5-12,18H2,1-4H3,(H,19,21). The molecule has 0 aromatic rings. The van der Waals surface area contributed by atoms with Crippen LogP contribution in [0.25, 0.3) is 0 Å². The number of amides is 1. The average Bonchev–Trinajstić information content (AvgIpc) is 2.53. The van der Waals surface area contributed by atoms with Crippen LogP contribution in [0.1, 0.15) is 34.1 Å². The molecule has 3 unspecified atom stereocenters. The van der Waals surface area contributed by atoms with E-state index in [0.29, 0.717) is 25.5 Å². The van der Waals surface area contributed by atoms with Crippen LogP contribution < -0.4 is 11.1 Å². The second kappa shape index (κ2) is 7.47. The van der Waals surface area contributed by atoms with Gasteiger partial charge in [0.05, 0.1) is 19.3 Å². The lowest BCUT2D eigenvalue weighted by molar-refractivity contribution is -0.170. The quantitative estimate of drug-likeness (QED) is 0.716. The Balaban J connectivity index is 1.78. The highest BCUT2D eigenvalue weighted by Gasteiger charge is 2.62. The number of hydrogen-bond acceptors (Lipinski definition) is 5. The van der Waals surface area contributed by atoms with Crippen LogP contribution in [-0.4, -0.2) is 68.4 Å². The van der Waals surface area contributed by atoms with Gasteiger partial charge in [-0.1, -0.05) is 20.8 Å². The van der Waals surface area contributed by atoms with Crippen LogP contribution in [0, 0.1) is 11.3 Å². The van der Waals surface area contributed by atoms with Gasteiger partial charge in [-0.25, -0.2) is 0 Å². The molecule has 6 heteroatoms. The summed E-state index contributed by atoms with van der Waals surface area (Å²) in [6.07, 6.45) is 0.659.